The van der Waals surface area contributed by atoms with Crippen molar-refractivity contribution in [2.75, 3.05) is 6.61 Å². The van der Waals surface area contributed by atoms with Crippen LogP contribution in [0.2, 0.25) is 0 Å². The molecular weight excluding hydrogens is 352 g/mol. The molecule has 0 saturated heterocycles. The van der Waals surface area contributed by atoms with E-state index in [9.17, 15) is 9.59 Å². The third kappa shape index (κ3) is 3.05. The van der Waals surface area contributed by atoms with Gasteiger partial charge >= 0.3 is 5.97 Å². The van der Waals surface area contributed by atoms with Crippen LogP contribution in [0.1, 0.15) is 40.3 Å². The number of thiophene rings is 1. The number of ether oxygens (including phenoxy) is 1. The molecule has 0 unspecified atom stereocenters. The summed E-state index contributed by atoms with van der Waals surface area (Å²) in [5, 5.41) is 4.63. The summed E-state index contributed by atoms with van der Waals surface area (Å²) in [7, 11) is 0. The third-order valence-electron chi connectivity index (χ3n) is 4.71. The standard InChI is InChI=1S/C18H20N4O3S/c1-12-14-16(20-13-6-3-2-4-9-22(13)17(14)23)26-15(12)18(24)25-11-10-21-8-5-7-19-21/h5,7-8H,2-4,6,9-11H2,1H3. The summed E-state index contributed by atoms with van der Waals surface area (Å²) < 4.78 is 8.86. The molecule has 0 N–H and O–H groups in total. The zero-order chi connectivity index (χ0) is 18.1. The average Bonchev–Trinajstić information content (AvgIpc) is 3.17. The van der Waals surface area contributed by atoms with E-state index in [1.165, 1.54) is 11.3 Å². The van der Waals surface area contributed by atoms with E-state index in [1.807, 2.05) is 12.3 Å². The molecule has 4 rings (SSSR count). The Balaban J connectivity index is 1.61. The van der Waals surface area contributed by atoms with E-state index in [4.69, 9.17) is 4.74 Å². The summed E-state index contributed by atoms with van der Waals surface area (Å²) >= 11 is 1.25. The van der Waals surface area contributed by atoms with Gasteiger partial charge in [0, 0.05) is 25.4 Å². The summed E-state index contributed by atoms with van der Waals surface area (Å²) in [6.07, 6.45) is 7.46. The van der Waals surface area contributed by atoms with Gasteiger partial charge in [-0.15, -0.1) is 11.3 Å². The Morgan fingerprint density at radius 2 is 2.23 bits per heavy atom. The first-order valence-electron chi connectivity index (χ1n) is 8.82. The molecule has 3 aromatic rings. The molecular formula is C18H20N4O3S. The lowest BCUT2D eigenvalue weighted by Crippen LogP contribution is -2.24. The first-order chi connectivity index (χ1) is 12.6. The number of aromatic nitrogens is 4. The molecule has 136 valence electrons. The number of aryl methyl sites for hydroxylation is 2. The summed E-state index contributed by atoms with van der Waals surface area (Å²) in [6, 6.07) is 1.82. The highest BCUT2D eigenvalue weighted by atomic mass is 32.1. The Kier molecular flexibility index (Phi) is 4.58. The van der Waals surface area contributed by atoms with Crippen molar-refractivity contribution in [2.24, 2.45) is 0 Å². The first kappa shape index (κ1) is 17.0. The number of hydrogen-bond donors (Lipinski definition) is 0. The minimum atomic E-state index is -0.405. The predicted molar refractivity (Wildman–Crippen MR) is 98.7 cm³/mol. The molecule has 0 aliphatic carbocycles. The summed E-state index contributed by atoms with van der Waals surface area (Å²) in [6.45, 7) is 3.24. The van der Waals surface area contributed by atoms with Gasteiger partial charge in [-0.05, 0) is 31.4 Å². The third-order valence-corrected chi connectivity index (χ3v) is 5.88. The van der Waals surface area contributed by atoms with E-state index in [1.54, 1.807) is 22.4 Å². The molecule has 0 aromatic carbocycles. The second kappa shape index (κ2) is 7.03. The SMILES string of the molecule is Cc1c(C(=O)OCCn2cccn2)sc2nc3n(c(=O)c12)CCCCC3. The Morgan fingerprint density at radius 1 is 1.35 bits per heavy atom. The highest BCUT2D eigenvalue weighted by Crippen LogP contribution is 2.28. The quantitative estimate of drug-likeness (QED) is 0.658. The summed E-state index contributed by atoms with van der Waals surface area (Å²) in [5.41, 5.74) is 0.641. The number of esters is 1. The van der Waals surface area contributed by atoms with Crippen LogP contribution in [0.15, 0.2) is 23.3 Å². The number of hydrogen-bond acceptors (Lipinski definition) is 6. The zero-order valence-electron chi connectivity index (χ0n) is 14.6. The van der Waals surface area contributed by atoms with Gasteiger partial charge in [0.1, 0.15) is 22.1 Å². The van der Waals surface area contributed by atoms with Crippen LogP contribution in [-0.2, 0) is 24.2 Å². The maximum atomic E-state index is 12.9. The smallest absolute Gasteiger partial charge is 0.348 e. The monoisotopic (exact) mass is 372 g/mol. The zero-order valence-corrected chi connectivity index (χ0v) is 15.4. The molecule has 0 fully saturated rings. The second-order valence-electron chi connectivity index (χ2n) is 6.44. The molecule has 8 heteroatoms. The van der Waals surface area contributed by atoms with Crippen LogP contribution in [0.4, 0.5) is 0 Å². The van der Waals surface area contributed by atoms with Crippen molar-refractivity contribution in [3.8, 4) is 0 Å². The van der Waals surface area contributed by atoms with Gasteiger partial charge in [-0.1, -0.05) is 6.42 Å². The molecule has 0 atom stereocenters. The van der Waals surface area contributed by atoms with Gasteiger partial charge in [-0.25, -0.2) is 9.78 Å². The van der Waals surface area contributed by atoms with Crippen molar-refractivity contribution in [3.63, 3.8) is 0 Å². The van der Waals surface area contributed by atoms with Crippen LogP contribution in [0.25, 0.3) is 10.2 Å². The van der Waals surface area contributed by atoms with Crippen LogP contribution in [0.3, 0.4) is 0 Å². The molecule has 7 nitrogen and oxygen atoms in total. The fourth-order valence-electron chi connectivity index (χ4n) is 3.33. The molecule has 1 aliphatic rings. The normalized spacial score (nSPS) is 14.2. The average molecular weight is 372 g/mol. The summed E-state index contributed by atoms with van der Waals surface area (Å²) in [4.78, 5) is 31.2. The van der Waals surface area contributed by atoms with Gasteiger partial charge in [0.05, 0.1) is 11.9 Å². The number of fused-ring (bicyclic) bond motifs is 2. The Hall–Kier alpha value is -2.48. The van der Waals surface area contributed by atoms with Crippen molar-refractivity contribution >= 4 is 27.5 Å². The maximum Gasteiger partial charge on any atom is 0.348 e. The molecule has 3 aromatic heterocycles. The Bertz CT molecular complexity index is 1000. The van der Waals surface area contributed by atoms with E-state index < -0.39 is 5.97 Å². The molecule has 0 radical (unpaired) electrons. The lowest BCUT2D eigenvalue weighted by molar-refractivity contribution is 0.0493. The molecule has 26 heavy (non-hydrogen) atoms. The lowest BCUT2D eigenvalue weighted by Gasteiger charge is -2.08. The van der Waals surface area contributed by atoms with E-state index in [0.29, 0.717) is 33.7 Å². The first-order valence-corrected chi connectivity index (χ1v) is 9.64. The van der Waals surface area contributed by atoms with Crippen LogP contribution >= 0.6 is 11.3 Å². The van der Waals surface area contributed by atoms with Crippen LogP contribution in [0, 0.1) is 6.92 Å². The minimum Gasteiger partial charge on any atom is -0.460 e. The van der Waals surface area contributed by atoms with Crippen molar-refractivity contribution in [2.45, 2.75) is 45.7 Å². The van der Waals surface area contributed by atoms with Gasteiger partial charge in [0.15, 0.2) is 0 Å². The highest BCUT2D eigenvalue weighted by Gasteiger charge is 2.23. The van der Waals surface area contributed by atoms with Crippen LogP contribution in [0.5, 0.6) is 0 Å². The van der Waals surface area contributed by atoms with E-state index >= 15 is 0 Å². The number of carbonyl (C=O) groups excluding carboxylic acids is 1. The number of rotatable bonds is 4. The number of carbonyl (C=O) groups is 1. The lowest BCUT2D eigenvalue weighted by atomic mass is 10.2. The van der Waals surface area contributed by atoms with Crippen LogP contribution in [-0.4, -0.2) is 31.9 Å². The van der Waals surface area contributed by atoms with Gasteiger partial charge < -0.3 is 4.74 Å². The number of nitrogens with zero attached hydrogens (tertiary/aromatic N) is 4. The van der Waals surface area contributed by atoms with Gasteiger partial charge in [0.2, 0.25) is 0 Å². The van der Waals surface area contributed by atoms with Crippen molar-refractivity contribution in [1.82, 2.24) is 19.3 Å². The topological polar surface area (TPSA) is 79.0 Å². The molecule has 0 amide bonds. The minimum absolute atomic E-state index is 0.0313. The van der Waals surface area contributed by atoms with Crippen molar-refractivity contribution in [1.29, 1.82) is 0 Å². The van der Waals surface area contributed by atoms with Gasteiger partial charge in [-0.2, -0.15) is 5.10 Å². The molecule has 1 aliphatic heterocycles. The predicted octanol–water partition coefficient (Wildman–Crippen LogP) is 2.55. The fraction of sp³-hybridized carbons (Fsp3) is 0.444. The van der Waals surface area contributed by atoms with Gasteiger partial charge in [0.25, 0.3) is 5.56 Å². The van der Waals surface area contributed by atoms with E-state index in [2.05, 4.69) is 10.1 Å². The van der Waals surface area contributed by atoms with Crippen LogP contribution < -0.4 is 5.56 Å². The molecule has 4 heterocycles. The van der Waals surface area contributed by atoms with E-state index in [-0.39, 0.29) is 12.2 Å². The highest BCUT2D eigenvalue weighted by molar-refractivity contribution is 7.20. The summed E-state index contributed by atoms with van der Waals surface area (Å²) in [5.74, 6) is 0.428. The molecule has 0 spiro atoms. The van der Waals surface area contributed by atoms with Crippen molar-refractivity contribution in [3.05, 3.63) is 45.1 Å². The molecule has 0 saturated carbocycles. The second-order valence-corrected chi connectivity index (χ2v) is 7.44. The Morgan fingerprint density at radius 3 is 3.04 bits per heavy atom. The largest absolute Gasteiger partial charge is 0.460 e. The fourth-order valence-corrected chi connectivity index (χ4v) is 4.42. The Labute approximate surface area is 154 Å². The van der Waals surface area contributed by atoms with Gasteiger partial charge in [-0.3, -0.25) is 14.0 Å². The molecule has 0 bridgehead atoms. The van der Waals surface area contributed by atoms with Crippen molar-refractivity contribution < 1.29 is 9.53 Å². The maximum absolute atomic E-state index is 12.9. The van der Waals surface area contributed by atoms with E-state index in [0.717, 1.165) is 31.5 Å².